The molecule has 0 atom stereocenters. The molecule has 0 nitrogen and oxygen atoms in total. The second kappa shape index (κ2) is 23.0. The van der Waals surface area contributed by atoms with Crippen LogP contribution in [0, 0.1) is 0 Å². The van der Waals surface area contributed by atoms with Crippen LogP contribution >= 0.6 is 9.24 Å². The van der Waals surface area contributed by atoms with Gasteiger partial charge in [-0.2, -0.15) is 0 Å². The molecule has 0 aliphatic rings. The maximum Gasteiger partial charge on any atom is 1.00 e. The third kappa shape index (κ3) is 9.46. The summed E-state index contributed by atoms with van der Waals surface area (Å²) in [5, 5.41) is 0. The normalized spacial score (nSPS) is 1.50. The first kappa shape index (κ1) is 17.5. The van der Waals surface area contributed by atoms with Crippen LogP contribution in [0.25, 0.3) is 0 Å². The minimum Gasteiger partial charge on any atom is -1.49 e. The van der Waals surface area contributed by atoms with Crippen LogP contribution in [0.2, 0.25) is 0 Å². The largest absolute Gasteiger partial charge is 1.49 e. The zero-order valence-electron chi connectivity index (χ0n) is 3.45. The Bertz CT molecular complexity index is 6.00. The Labute approximate surface area is 53.7 Å². The van der Waals surface area contributed by atoms with E-state index in [4.69, 9.17) is 0 Å². The monoisotopic (exact) mass is 60.0 g/mol. The molecule has 0 aromatic carbocycles. The number of rotatable bonds is 0. The van der Waals surface area contributed by atoms with E-state index in [1.165, 1.54) is 0 Å². The molecule has 0 radical (unpaired) electrons. The average Bonchev–Trinajstić information content (AvgIpc) is 1.00. The maximum absolute atomic E-state index is 3.53. The van der Waals surface area contributed by atoms with Crippen molar-refractivity contribution in [3.63, 3.8) is 0 Å². The minimum absolute atomic E-state index is 0. The molecule has 0 aromatic rings. The third-order valence-electron chi connectivity index (χ3n) is 0. The summed E-state index contributed by atoms with van der Waals surface area (Å²) >= 11 is 0. The van der Waals surface area contributed by atoms with Gasteiger partial charge >= 0.3 is 37.7 Å². The van der Waals surface area contributed by atoms with Crippen LogP contribution in [-0.2, 0) is 0 Å². The predicted molar refractivity (Wildman–Crippen MR) is 12.8 cm³/mol. The molecule has 14 valence electrons. The molecule has 0 saturated carbocycles. The Balaban J connectivity index is -0.00000000500. The van der Waals surface area contributed by atoms with Crippen molar-refractivity contribution in [3.8, 4) is 0 Å². The molecule has 0 fully saturated rings. The first-order valence-corrected chi connectivity index (χ1v) is 1.34. The average molecular weight is 59.9 g/mol. The van der Waals surface area contributed by atoms with Crippen LogP contribution in [-0.4, -0.2) is 6.66 Å². The Morgan fingerprint density at radius 1 is 1.00 bits per heavy atom. The molecule has 0 saturated heterocycles. The van der Waals surface area contributed by atoms with E-state index in [1.54, 1.807) is 6.66 Å². The van der Waals surface area contributed by atoms with Gasteiger partial charge in [0.25, 0.3) is 0 Å². The molecular weight excluding hydrogens is 56.9 g/mol. The van der Waals surface area contributed by atoms with Gasteiger partial charge in [-0.3, -0.25) is 0 Å². The molecule has 0 heterocycles. The smallest absolute Gasteiger partial charge is 1.00 e. The predicted octanol–water partition coefficient (Wildman–Crippen LogP) is -4.97. The van der Waals surface area contributed by atoms with E-state index >= 15 is 0 Å². The molecule has 0 aliphatic heterocycles. The third-order valence-corrected chi connectivity index (χ3v) is 0. The summed E-state index contributed by atoms with van der Waals surface area (Å²) in [7, 11) is 3.53. The van der Waals surface area contributed by atoms with Crippen LogP contribution in [0.4, 0.5) is 0 Å². The molecule has 0 spiro atoms. The van der Waals surface area contributed by atoms with Crippen molar-refractivity contribution in [2.75, 3.05) is 6.66 Å². The first-order valence-electron chi connectivity index (χ1n) is 0.447. The second-order valence-electron chi connectivity index (χ2n) is 0. The molecule has 0 aliphatic carbocycles. The van der Waals surface area contributed by atoms with Crippen molar-refractivity contribution in [3.05, 3.63) is 0 Å². The minimum atomic E-state index is 0. The van der Waals surface area contributed by atoms with E-state index in [2.05, 4.69) is 9.24 Å². The van der Waals surface area contributed by atoms with Crippen molar-refractivity contribution >= 4 is 9.24 Å². The standard InChI is InChI=1S/CH3P.2Li/c1-2;;/h1H3;;/q-2;2*+1. The van der Waals surface area contributed by atoms with Crippen LogP contribution in [0.1, 0.15) is 0 Å². The first-order chi connectivity index (χ1) is 1.00. The summed E-state index contributed by atoms with van der Waals surface area (Å²) in [6.07, 6.45) is 0. The topological polar surface area (TPSA) is 0 Å². The maximum atomic E-state index is 3.53. The Morgan fingerprint density at radius 3 is 1.00 bits per heavy atom. The summed E-state index contributed by atoms with van der Waals surface area (Å²) < 4.78 is 0. The van der Waals surface area contributed by atoms with E-state index < -0.39 is 0 Å². The Hall–Kier alpha value is 1.62. The summed E-state index contributed by atoms with van der Waals surface area (Å²) in [5.74, 6) is 0. The van der Waals surface area contributed by atoms with Crippen molar-refractivity contribution in [2.24, 2.45) is 0 Å². The number of hydrogen-bond donors (Lipinski definition) is 0. The van der Waals surface area contributed by atoms with Gasteiger partial charge in [0.2, 0.25) is 0 Å². The van der Waals surface area contributed by atoms with Gasteiger partial charge < -0.3 is 15.9 Å². The molecule has 0 unspecified atom stereocenters. The van der Waals surface area contributed by atoms with E-state index in [0.717, 1.165) is 0 Å². The van der Waals surface area contributed by atoms with E-state index in [1.807, 2.05) is 0 Å². The van der Waals surface area contributed by atoms with Crippen LogP contribution in [0.15, 0.2) is 0 Å². The molecule has 3 heteroatoms. The van der Waals surface area contributed by atoms with Gasteiger partial charge in [0.1, 0.15) is 0 Å². The van der Waals surface area contributed by atoms with Crippen molar-refractivity contribution in [1.82, 2.24) is 0 Å². The SMILES string of the molecule is C[P-2].[Li+].[Li+]. The molecule has 0 amide bonds. The Kier molecular flexibility index (Phi) is 100. The molecule has 0 aromatic heterocycles. The molecular formula is CH3Li2P. The van der Waals surface area contributed by atoms with Crippen molar-refractivity contribution in [1.29, 1.82) is 0 Å². The van der Waals surface area contributed by atoms with Crippen LogP contribution in [0.5, 0.6) is 0 Å². The van der Waals surface area contributed by atoms with Crippen molar-refractivity contribution in [2.45, 2.75) is 0 Å². The van der Waals surface area contributed by atoms with Crippen LogP contribution < -0.4 is 37.7 Å². The molecule has 4 heavy (non-hydrogen) atoms. The fraction of sp³-hybridized carbons (Fsp3) is 1.00. The van der Waals surface area contributed by atoms with E-state index in [0.29, 0.717) is 0 Å². The zero-order chi connectivity index (χ0) is 2.00. The van der Waals surface area contributed by atoms with Gasteiger partial charge in [-0.05, 0) is 0 Å². The van der Waals surface area contributed by atoms with Crippen LogP contribution in [0.3, 0.4) is 0 Å². The summed E-state index contributed by atoms with van der Waals surface area (Å²) in [6.45, 7) is 1.69. The van der Waals surface area contributed by atoms with Gasteiger partial charge in [-0.15, -0.1) is 0 Å². The van der Waals surface area contributed by atoms with Gasteiger partial charge in [-0.25, -0.2) is 0 Å². The fourth-order valence-electron chi connectivity index (χ4n) is 0. The summed E-state index contributed by atoms with van der Waals surface area (Å²) in [5.41, 5.74) is 0. The van der Waals surface area contributed by atoms with Crippen molar-refractivity contribution < 1.29 is 37.7 Å². The van der Waals surface area contributed by atoms with Gasteiger partial charge in [0.05, 0.1) is 0 Å². The number of hydrogen-bond acceptors (Lipinski definition) is 0. The molecule has 0 rings (SSSR count). The molecule has 0 bridgehead atoms. The second-order valence-corrected chi connectivity index (χ2v) is 0. The summed E-state index contributed by atoms with van der Waals surface area (Å²) in [6, 6.07) is 0. The van der Waals surface area contributed by atoms with E-state index in [-0.39, 0.29) is 37.7 Å². The Morgan fingerprint density at radius 2 is 1.00 bits per heavy atom. The summed E-state index contributed by atoms with van der Waals surface area (Å²) in [4.78, 5) is 0. The molecule has 0 N–H and O–H groups in total. The van der Waals surface area contributed by atoms with Gasteiger partial charge in [-0.1, -0.05) is 0 Å². The quantitative estimate of drug-likeness (QED) is 0.194. The zero-order valence-corrected chi connectivity index (χ0v) is 4.34. The van der Waals surface area contributed by atoms with Gasteiger partial charge in [0.15, 0.2) is 0 Å². The van der Waals surface area contributed by atoms with E-state index in [9.17, 15) is 0 Å². The fourth-order valence-corrected chi connectivity index (χ4v) is 0. The van der Waals surface area contributed by atoms with Gasteiger partial charge in [0, 0.05) is 0 Å².